The van der Waals surface area contributed by atoms with E-state index in [-0.39, 0.29) is 5.97 Å². The Kier molecular flexibility index (Phi) is 5.30. The van der Waals surface area contributed by atoms with E-state index < -0.39 is 0 Å². The molecule has 20 heavy (non-hydrogen) atoms. The fraction of sp³-hybridized carbons (Fsp3) is 0.375. The molecule has 0 radical (unpaired) electrons. The van der Waals surface area contributed by atoms with Crippen molar-refractivity contribution in [2.45, 2.75) is 33.1 Å². The summed E-state index contributed by atoms with van der Waals surface area (Å²) < 4.78 is 4.96. The van der Waals surface area contributed by atoms with E-state index in [1.54, 1.807) is 12.3 Å². The smallest absolute Gasteiger partial charge is 0.357 e. The largest absolute Gasteiger partial charge is 0.461 e. The predicted octanol–water partition coefficient (Wildman–Crippen LogP) is 4.33. The first kappa shape index (κ1) is 14.7. The summed E-state index contributed by atoms with van der Waals surface area (Å²) >= 11 is 1.48. The maximum atomic E-state index is 11.6. The molecule has 0 fully saturated rings. The topological polar surface area (TPSA) is 39.2 Å². The van der Waals surface area contributed by atoms with Crippen molar-refractivity contribution in [3.8, 4) is 10.6 Å². The first-order valence-corrected chi connectivity index (χ1v) is 7.84. The Morgan fingerprint density at radius 3 is 2.95 bits per heavy atom. The third-order valence-corrected chi connectivity index (χ3v) is 3.87. The second-order valence-electron chi connectivity index (χ2n) is 4.56. The Hall–Kier alpha value is -1.68. The quantitative estimate of drug-likeness (QED) is 0.743. The number of benzene rings is 1. The molecule has 0 atom stereocenters. The third kappa shape index (κ3) is 3.67. The number of esters is 1. The number of unbranched alkanes of at least 4 members (excludes halogenated alkanes) is 1. The van der Waals surface area contributed by atoms with Crippen LogP contribution in [-0.2, 0) is 11.2 Å². The molecule has 2 rings (SSSR count). The minimum atomic E-state index is -0.350. The molecule has 0 saturated carbocycles. The van der Waals surface area contributed by atoms with Gasteiger partial charge in [-0.15, -0.1) is 11.3 Å². The van der Waals surface area contributed by atoms with E-state index in [4.69, 9.17) is 4.74 Å². The van der Waals surface area contributed by atoms with Gasteiger partial charge in [-0.25, -0.2) is 9.78 Å². The van der Waals surface area contributed by atoms with Gasteiger partial charge in [0.1, 0.15) is 5.01 Å². The van der Waals surface area contributed by atoms with Crippen LogP contribution in [0.2, 0.25) is 0 Å². The summed E-state index contributed by atoms with van der Waals surface area (Å²) in [4.78, 5) is 16.0. The Bertz CT molecular complexity index is 577. The standard InChI is InChI=1S/C16H19NO2S/c1-3-5-7-12-8-6-9-13(10-12)15-17-14(11-20-15)16(18)19-4-2/h6,8-11H,3-5,7H2,1-2H3. The van der Waals surface area contributed by atoms with Crippen molar-refractivity contribution in [1.29, 1.82) is 0 Å². The van der Waals surface area contributed by atoms with E-state index in [0.717, 1.165) is 17.0 Å². The van der Waals surface area contributed by atoms with Crippen molar-refractivity contribution in [3.05, 3.63) is 40.9 Å². The van der Waals surface area contributed by atoms with Crippen LogP contribution in [0.4, 0.5) is 0 Å². The van der Waals surface area contributed by atoms with Gasteiger partial charge in [0.15, 0.2) is 5.69 Å². The van der Waals surface area contributed by atoms with Crippen LogP contribution in [0.25, 0.3) is 10.6 Å². The molecule has 1 aromatic heterocycles. The van der Waals surface area contributed by atoms with E-state index in [2.05, 4.69) is 24.0 Å². The lowest BCUT2D eigenvalue weighted by Crippen LogP contribution is -2.04. The fourth-order valence-electron chi connectivity index (χ4n) is 1.95. The molecule has 0 aliphatic heterocycles. The minimum Gasteiger partial charge on any atom is -0.461 e. The Labute approximate surface area is 123 Å². The van der Waals surface area contributed by atoms with Crippen molar-refractivity contribution in [2.75, 3.05) is 6.61 Å². The number of carbonyl (C=O) groups excluding carboxylic acids is 1. The molecule has 0 saturated heterocycles. The van der Waals surface area contributed by atoms with Crippen molar-refractivity contribution in [2.24, 2.45) is 0 Å². The Morgan fingerprint density at radius 1 is 1.35 bits per heavy atom. The van der Waals surface area contributed by atoms with Gasteiger partial charge in [-0.1, -0.05) is 31.5 Å². The summed E-state index contributed by atoms with van der Waals surface area (Å²) in [7, 11) is 0. The molecule has 0 unspecified atom stereocenters. The van der Waals surface area contributed by atoms with Gasteiger partial charge in [0.2, 0.25) is 0 Å². The number of aryl methyl sites for hydroxylation is 1. The van der Waals surface area contributed by atoms with Gasteiger partial charge in [0.25, 0.3) is 0 Å². The van der Waals surface area contributed by atoms with E-state index in [1.807, 2.05) is 12.1 Å². The van der Waals surface area contributed by atoms with E-state index >= 15 is 0 Å². The molecule has 0 spiro atoms. The number of thiazole rings is 1. The van der Waals surface area contributed by atoms with Gasteiger partial charge in [-0.05, 0) is 31.4 Å². The Balaban J connectivity index is 2.17. The molecule has 2 aromatic rings. The van der Waals surface area contributed by atoms with Gasteiger partial charge >= 0.3 is 5.97 Å². The zero-order valence-electron chi connectivity index (χ0n) is 11.9. The summed E-state index contributed by atoms with van der Waals surface area (Å²) in [6.45, 7) is 4.36. The van der Waals surface area contributed by atoms with Crippen LogP contribution >= 0.6 is 11.3 Å². The van der Waals surface area contributed by atoms with Gasteiger partial charge in [0.05, 0.1) is 6.61 Å². The summed E-state index contributed by atoms with van der Waals surface area (Å²) in [6.07, 6.45) is 3.46. The normalized spacial score (nSPS) is 10.5. The van der Waals surface area contributed by atoms with E-state index in [9.17, 15) is 4.79 Å². The highest BCUT2D eigenvalue weighted by molar-refractivity contribution is 7.13. The fourth-order valence-corrected chi connectivity index (χ4v) is 2.73. The predicted molar refractivity (Wildman–Crippen MR) is 82.1 cm³/mol. The SMILES string of the molecule is CCCCc1cccc(-c2nc(C(=O)OCC)cs2)c1. The van der Waals surface area contributed by atoms with Crippen LogP contribution in [-0.4, -0.2) is 17.6 Å². The molecule has 106 valence electrons. The van der Waals surface area contributed by atoms with E-state index in [1.165, 1.54) is 29.7 Å². The van der Waals surface area contributed by atoms with Crippen LogP contribution in [0, 0.1) is 0 Å². The van der Waals surface area contributed by atoms with Crippen molar-refractivity contribution in [3.63, 3.8) is 0 Å². The molecule has 1 aromatic carbocycles. The van der Waals surface area contributed by atoms with Gasteiger partial charge in [0, 0.05) is 10.9 Å². The minimum absolute atomic E-state index is 0.350. The highest BCUT2D eigenvalue weighted by Crippen LogP contribution is 2.25. The lowest BCUT2D eigenvalue weighted by atomic mass is 10.1. The monoisotopic (exact) mass is 289 g/mol. The molecular formula is C16H19NO2S. The second-order valence-corrected chi connectivity index (χ2v) is 5.42. The average molecular weight is 289 g/mol. The number of hydrogen-bond donors (Lipinski definition) is 0. The number of rotatable bonds is 6. The number of nitrogens with zero attached hydrogens (tertiary/aromatic N) is 1. The summed E-state index contributed by atoms with van der Waals surface area (Å²) in [5.41, 5.74) is 2.78. The summed E-state index contributed by atoms with van der Waals surface area (Å²) in [5.74, 6) is -0.350. The number of hydrogen-bond acceptors (Lipinski definition) is 4. The summed E-state index contributed by atoms with van der Waals surface area (Å²) in [5, 5.41) is 2.62. The molecular weight excluding hydrogens is 270 g/mol. The van der Waals surface area contributed by atoms with Crippen LogP contribution < -0.4 is 0 Å². The maximum Gasteiger partial charge on any atom is 0.357 e. The van der Waals surface area contributed by atoms with Gasteiger partial charge in [-0.3, -0.25) is 0 Å². The molecule has 1 heterocycles. The van der Waals surface area contributed by atoms with Crippen LogP contribution in [0.5, 0.6) is 0 Å². The van der Waals surface area contributed by atoms with Crippen molar-refractivity contribution >= 4 is 17.3 Å². The van der Waals surface area contributed by atoms with Crippen molar-refractivity contribution < 1.29 is 9.53 Å². The van der Waals surface area contributed by atoms with Crippen molar-refractivity contribution in [1.82, 2.24) is 4.98 Å². The number of aromatic nitrogens is 1. The lowest BCUT2D eigenvalue weighted by Gasteiger charge is -2.02. The highest BCUT2D eigenvalue weighted by atomic mass is 32.1. The van der Waals surface area contributed by atoms with Crippen LogP contribution in [0.3, 0.4) is 0 Å². The molecule has 0 bridgehead atoms. The lowest BCUT2D eigenvalue weighted by molar-refractivity contribution is 0.0520. The number of carbonyl (C=O) groups is 1. The zero-order chi connectivity index (χ0) is 14.4. The van der Waals surface area contributed by atoms with Gasteiger partial charge < -0.3 is 4.74 Å². The zero-order valence-corrected chi connectivity index (χ0v) is 12.7. The maximum absolute atomic E-state index is 11.6. The van der Waals surface area contributed by atoms with Gasteiger partial charge in [-0.2, -0.15) is 0 Å². The first-order valence-electron chi connectivity index (χ1n) is 6.96. The summed E-state index contributed by atoms with van der Waals surface area (Å²) in [6, 6.07) is 8.37. The molecule has 3 nitrogen and oxygen atoms in total. The molecule has 0 N–H and O–H groups in total. The third-order valence-electron chi connectivity index (χ3n) is 2.98. The second kappa shape index (κ2) is 7.20. The van der Waals surface area contributed by atoms with Crippen LogP contribution in [0.1, 0.15) is 42.7 Å². The molecule has 4 heteroatoms. The van der Waals surface area contributed by atoms with Crippen LogP contribution in [0.15, 0.2) is 29.6 Å². The average Bonchev–Trinajstić information content (AvgIpc) is 2.95. The Morgan fingerprint density at radius 2 is 2.20 bits per heavy atom. The number of ether oxygens (including phenoxy) is 1. The molecule has 0 aliphatic rings. The van der Waals surface area contributed by atoms with E-state index in [0.29, 0.717) is 12.3 Å². The first-order chi connectivity index (χ1) is 9.74. The molecule has 0 aliphatic carbocycles. The molecule has 0 amide bonds. The highest BCUT2D eigenvalue weighted by Gasteiger charge is 2.12.